The fourth-order valence-corrected chi connectivity index (χ4v) is 2.65. The van der Waals surface area contributed by atoms with Gasteiger partial charge in [-0.15, -0.1) is 24.0 Å². The lowest BCUT2D eigenvalue weighted by molar-refractivity contribution is 0.357. The second-order valence-corrected chi connectivity index (χ2v) is 6.28. The van der Waals surface area contributed by atoms with E-state index >= 15 is 0 Å². The molecule has 1 fully saturated rings. The van der Waals surface area contributed by atoms with Gasteiger partial charge in [-0.25, -0.2) is 4.39 Å². The molecule has 136 valence electrons. The zero-order valence-electron chi connectivity index (χ0n) is 14.9. The maximum atomic E-state index is 14.0. The number of hydrogen-bond acceptors (Lipinski definition) is 2. The molecule has 24 heavy (non-hydrogen) atoms. The van der Waals surface area contributed by atoms with Crippen LogP contribution in [0.25, 0.3) is 0 Å². The van der Waals surface area contributed by atoms with Crippen LogP contribution in [-0.2, 0) is 5.41 Å². The molecule has 0 radical (unpaired) electrons. The normalized spacial score (nSPS) is 15.8. The molecular weight excluding hydrogens is 418 g/mol. The van der Waals surface area contributed by atoms with Gasteiger partial charge in [0.15, 0.2) is 5.96 Å². The average molecular weight is 448 g/mol. The molecule has 0 amide bonds. The number of aliphatic imine (C=N–C) groups is 1. The van der Waals surface area contributed by atoms with Gasteiger partial charge in [0.1, 0.15) is 5.82 Å². The van der Waals surface area contributed by atoms with Gasteiger partial charge >= 0.3 is 0 Å². The van der Waals surface area contributed by atoms with E-state index in [1.807, 2.05) is 12.1 Å². The Labute approximate surface area is 162 Å². The summed E-state index contributed by atoms with van der Waals surface area (Å²) in [6, 6.07) is 7.10. The van der Waals surface area contributed by atoms with Crippen molar-refractivity contribution in [3.05, 3.63) is 35.6 Å². The molecule has 0 atom stereocenters. The molecule has 0 saturated heterocycles. The lowest BCUT2D eigenvalue weighted by Gasteiger charge is -2.18. The van der Waals surface area contributed by atoms with Crippen molar-refractivity contribution in [1.82, 2.24) is 15.5 Å². The summed E-state index contributed by atoms with van der Waals surface area (Å²) in [7, 11) is 2.10. The molecule has 0 spiro atoms. The zero-order valence-corrected chi connectivity index (χ0v) is 17.3. The molecule has 1 aromatic rings. The highest BCUT2D eigenvalue weighted by Crippen LogP contribution is 2.49. The summed E-state index contributed by atoms with van der Waals surface area (Å²) in [5.41, 5.74) is 0.707. The van der Waals surface area contributed by atoms with Crippen molar-refractivity contribution in [2.45, 2.75) is 32.1 Å². The van der Waals surface area contributed by atoms with Crippen molar-refractivity contribution in [1.29, 1.82) is 0 Å². The van der Waals surface area contributed by atoms with Gasteiger partial charge in [-0.05, 0) is 45.0 Å². The van der Waals surface area contributed by atoms with E-state index < -0.39 is 0 Å². The largest absolute Gasteiger partial charge is 0.357 e. The molecule has 0 bridgehead atoms. The zero-order chi connectivity index (χ0) is 16.7. The molecule has 6 heteroatoms. The highest BCUT2D eigenvalue weighted by Gasteiger charge is 2.45. The second kappa shape index (κ2) is 10.2. The number of benzene rings is 1. The molecule has 1 aromatic carbocycles. The maximum Gasteiger partial charge on any atom is 0.191 e. The molecule has 0 aliphatic heterocycles. The minimum absolute atomic E-state index is 0. The van der Waals surface area contributed by atoms with Gasteiger partial charge in [-0.1, -0.05) is 25.1 Å². The molecule has 2 rings (SSSR count). The van der Waals surface area contributed by atoms with Crippen molar-refractivity contribution in [2.24, 2.45) is 4.99 Å². The molecule has 1 aliphatic carbocycles. The fraction of sp³-hybridized carbons (Fsp3) is 0.611. The van der Waals surface area contributed by atoms with E-state index in [9.17, 15) is 4.39 Å². The monoisotopic (exact) mass is 448 g/mol. The third-order valence-corrected chi connectivity index (χ3v) is 4.51. The van der Waals surface area contributed by atoms with E-state index in [-0.39, 0.29) is 35.2 Å². The number of nitrogens with one attached hydrogen (secondary N) is 2. The van der Waals surface area contributed by atoms with Crippen LogP contribution in [0, 0.1) is 5.82 Å². The van der Waals surface area contributed by atoms with Gasteiger partial charge in [0, 0.05) is 25.0 Å². The van der Waals surface area contributed by atoms with Gasteiger partial charge in [-0.2, -0.15) is 0 Å². The van der Waals surface area contributed by atoms with Crippen molar-refractivity contribution in [2.75, 3.05) is 39.8 Å². The van der Waals surface area contributed by atoms with Crippen LogP contribution in [0.2, 0.25) is 0 Å². The van der Waals surface area contributed by atoms with E-state index in [0.29, 0.717) is 6.54 Å². The van der Waals surface area contributed by atoms with E-state index in [2.05, 4.69) is 36.4 Å². The number of hydrogen-bond donors (Lipinski definition) is 2. The second-order valence-electron chi connectivity index (χ2n) is 6.28. The van der Waals surface area contributed by atoms with Crippen LogP contribution >= 0.6 is 24.0 Å². The lowest BCUT2D eigenvalue weighted by Crippen LogP contribution is -2.41. The minimum atomic E-state index is -0.109. The molecular formula is C18H30FIN4. The maximum absolute atomic E-state index is 14.0. The summed E-state index contributed by atoms with van der Waals surface area (Å²) < 4.78 is 14.0. The Morgan fingerprint density at radius 2 is 1.96 bits per heavy atom. The highest BCUT2D eigenvalue weighted by molar-refractivity contribution is 14.0. The number of likely N-dealkylation sites (N-methyl/N-ethyl adjacent to an activating group) is 1. The first-order chi connectivity index (χ1) is 11.1. The third-order valence-electron chi connectivity index (χ3n) is 4.51. The summed E-state index contributed by atoms with van der Waals surface area (Å²) in [6.45, 7) is 8.51. The number of guanidine groups is 1. The van der Waals surface area contributed by atoms with Crippen molar-refractivity contribution in [3.63, 3.8) is 0 Å². The number of rotatable bonds is 8. The molecule has 4 nitrogen and oxygen atoms in total. The van der Waals surface area contributed by atoms with Crippen LogP contribution in [0.1, 0.15) is 32.3 Å². The Bertz CT molecular complexity index is 532. The summed E-state index contributed by atoms with van der Waals surface area (Å²) >= 11 is 0. The highest BCUT2D eigenvalue weighted by atomic mass is 127. The van der Waals surface area contributed by atoms with Crippen molar-refractivity contribution < 1.29 is 4.39 Å². The molecule has 0 unspecified atom stereocenters. The Balaban J connectivity index is 0.00000288. The summed E-state index contributed by atoms with van der Waals surface area (Å²) in [6.07, 6.45) is 2.02. The number of halogens is 2. The SMILES string of the molecule is CCNC(=NCC1(c2ccccc2F)CC1)NCCN(C)CC.I. The summed E-state index contributed by atoms with van der Waals surface area (Å²) in [4.78, 5) is 6.95. The molecule has 1 aliphatic rings. The van der Waals surface area contributed by atoms with Gasteiger partial charge in [0.2, 0.25) is 0 Å². The van der Waals surface area contributed by atoms with Crippen LogP contribution in [0.4, 0.5) is 4.39 Å². The Morgan fingerprint density at radius 1 is 1.25 bits per heavy atom. The van der Waals surface area contributed by atoms with E-state index in [0.717, 1.165) is 50.5 Å². The lowest BCUT2D eigenvalue weighted by atomic mass is 9.95. The first-order valence-electron chi connectivity index (χ1n) is 8.57. The van der Waals surface area contributed by atoms with Crippen molar-refractivity contribution in [3.8, 4) is 0 Å². The van der Waals surface area contributed by atoms with E-state index in [1.54, 1.807) is 12.1 Å². The van der Waals surface area contributed by atoms with Gasteiger partial charge in [0.25, 0.3) is 0 Å². The van der Waals surface area contributed by atoms with Crippen LogP contribution < -0.4 is 10.6 Å². The predicted molar refractivity (Wildman–Crippen MR) is 110 cm³/mol. The minimum Gasteiger partial charge on any atom is -0.357 e. The summed E-state index contributed by atoms with van der Waals surface area (Å²) in [5, 5.41) is 6.62. The van der Waals surface area contributed by atoms with Crippen LogP contribution in [0.15, 0.2) is 29.3 Å². The Kier molecular flexibility index (Phi) is 8.97. The molecule has 0 heterocycles. The Hall–Kier alpha value is -0.890. The predicted octanol–water partition coefficient (Wildman–Crippen LogP) is 2.98. The molecule has 2 N–H and O–H groups in total. The van der Waals surface area contributed by atoms with Crippen molar-refractivity contribution >= 4 is 29.9 Å². The van der Waals surface area contributed by atoms with Gasteiger partial charge in [-0.3, -0.25) is 4.99 Å². The molecule has 0 aromatic heterocycles. The fourth-order valence-electron chi connectivity index (χ4n) is 2.65. The first-order valence-corrected chi connectivity index (χ1v) is 8.57. The summed E-state index contributed by atoms with van der Waals surface area (Å²) in [5.74, 6) is 0.711. The van der Waals surface area contributed by atoms with E-state index in [1.165, 1.54) is 0 Å². The quantitative estimate of drug-likeness (QED) is 0.365. The smallest absolute Gasteiger partial charge is 0.191 e. The Morgan fingerprint density at radius 3 is 2.54 bits per heavy atom. The molecule has 1 saturated carbocycles. The average Bonchev–Trinajstić information content (AvgIpc) is 3.33. The van der Waals surface area contributed by atoms with E-state index in [4.69, 9.17) is 4.99 Å². The van der Waals surface area contributed by atoms with Crippen LogP contribution in [0.3, 0.4) is 0 Å². The van der Waals surface area contributed by atoms with Gasteiger partial charge < -0.3 is 15.5 Å². The van der Waals surface area contributed by atoms with Gasteiger partial charge in [0.05, 0.1) is 6.54 Å². The van der Waals surface area contributed by atoms with Crippen LogP contribution in [-0.4, -0.2) is 50.6 Å². The topological polar surface area (TPSA) is 39.7 Å². The third kappa shape index (κ3) is 5.88. The van der Waals surface area contributed by atoms with Crippen LogP contribution in [0.5, 0.6) is 0 Å². The standard InChI is InChI=1S/C18H29FN4.HI/c1-4-20-17(21-12-13-23(3)5-2)22-14-18(10-11-18)15-8-6-7-9-16(15)19;/h6-9H,4-5,10-14H2,1-3H3,(H2,20,21,22);1H. The number of nitrogens with zero attached hydrogens (tertiary/aromatic N) is 2. The first kappa shape index (κ1) is 21.2.